The van der Waals surface area contributed by atoms with E-state index in [1.165, 1.54) is 19.4 Å². The van der Waals surface area contributed by atoms with Crippen LogP contribution in [0.5, 0.6) is 11.6 Å². The maximum atomic E-state index is 14.7. The minimum atomic E-state index is -5.31. The lowest BCUT2D eigenvalue weighted by atomic mass is 10.1. The second-order valence-electron chi connectivity index (χ2n) is 8.83. The number of nitrogen functional groups attached to an aromatic ring is 1. The standard InChI is InChI=1S/C22H21F6N7O5/c1-21(38,22(26,27)28)19(37)34-6-11(23)12(7-34)33-17(36)10-3-9(5-30-18(10)39-2)13-4-14(40-20(24)25)15-16(29)31-8-32-35(13)15/h3-5,8,11-12,20,38H,6-7H2,1-2H3,(H,33,36)(H2,29,31,32)/t11-,12+,21?/m0/s1. The Labute approximate surface area is 220 Å². The zero-order valence-corrected chi connectivity index (χ0v) is 20.6. The van der Waals surface area contributed by atoms with Crippen molar-refractivity contribution in [3.05, 3.63) is 30.2 Å². The number of likely N-dealkylation sites (tertiary alicyclic amines) is 1. The maximum Gasteiger partial charge on any atom is 0.426 e. The molecule has 3 atom stereocenters. The van der Waals surface area contributed by atoms with E-state index in [4.69, 9.17) is 10.5 Å². The lowest BCUT2D eigenvalue weighted by molar-refractivity contribution is -0.249. The summed E-state index contributed by atoms with van der Waals surface area (Å²) in [6.45, 7) is -4.44. The van der Waals surface area contributed by atoms with Gasteiger partial charge < -0.3 is 30.5 Å². The molecule has 18 heteroatoms. The van der Waals surface area contributed by atoms with Crippen LogP contribution in [0.2, 0.25) is 0 Å². The van der Waals surface area contributed by atoms with Gasteiger partial charge in [-0.15, -0.1) is 0 Å². The number of alkyl halides is 6. The van der Waals surface area contributed by atoms with Crippen LogP contribution in [0.15, 0.2) is 24.7 Å². The number of ether oxygens (including phenoxy) is 2. The lowest BCUT2D eigenvalue weighted by Gasteiger charge is -2.29. The summed E-state index contributed by atoms with van der Waals surface area (Å²) >= 11 is 0. The van der Waals surface area contributed by atoms with Crippen molar-refractivity contribution in [1.29, 1.82) is 0 Å². The monoisotopic (exact) mass is 577 g/mol. The third-order valence-corrected chi connectivity index (χ3v) is 6.17. The molecule has 0 spiro atoms. The number of carbonyl (C=O) groups is 2. The molecular formula is C22H21F6N7O5. The van der Waals surface area contributed by atoms with Gasteiger partial charge in [0.05, 0.1) is 25.4 Å². The van der Waals surface area contributed by atoms with Gasteiger partial charge in [-0.05, 0) is 13.0 Å². The van der Waals surface area contributed by atoms with Crippen molar-refractivity contribution in [2.45, 2.75) is 37.5 Å². The number of anilines is 1. The molecule has 1 aliphatic rings. The third-order valence-electron chi connectivity index (χ3n) is 6.17. The van der Waals surface area contributed by atoms with Gasteiger partial charge in [0.25, 0.3) is 11.8 Å². The van der Waals surface area contributed by atoms with Gasteiger partial charge in [0.15, 0.2) is 11.6 Å². The SMILES string of the molecule is COc1ncc(-c2cc(OC(F)F)c3c(N)ncnn23)cc1C(=O)N[C@@H]1CN(C(=O)C(C)(O)C(F)(F)F)C[C@@H]1F. The van der Waals surface area contributed by atoms with Gasteiger partial charge in [0, 0.05) is 24.4 Å². The molecule has 4 rings (SSSR count). The fourth-order valence-electron chi connectivity index (χ4n) is 4.08. The number of nitrogens with two attached hydrogens (primary N) is 1. The van der Waals surface area contributed by atoms with Crippen LogP contribution in [0.3, 0.4) is 0 Å². The van der Waals surface area contributed by atoms with Crippen molar-refractivity contribution in [2.75, 3.05) is 25.9 Å². The molecule has 1 fully saturated rings. The van der Waals surface area contributed by atoms with Crippen LogP contribution in [-0.4, -0.2) is 92.2 Å². The smallest absolute Gasteiger partial charge is 0.426 e. The molecule has 4 N–H and O–H groups in total. The highest BCUT2D eigenvalue weighted by atomic mass is 19.4. The van der Waals surface area contributed by atoms with Crippen LogP contribution in [0.1, 0.15) is 17.3 Å². The van der Waals surface area contributed by atoms with E-state index in [9.17, 15) is 41.0 Å². The summed E-state index contributed by atoms with van der Waals surface area (Å²) in [6.07, 6.45) is -5.01. The van der Waals surface area contributed by atoms with Crippen molar-refractivity contribution in [1.82, 2.24) is 29.8 Å². The Morgan fingerprint density at radius 3 is 2.55 bits per heavy atom. The van der Waals surface area contributed by atoms with E-state index < -0.39 is 55.5 Å². The van der Waals surface area contributed by atoms with Crippen LogP contribution in [0.25, 0.3) is 16.8 Å². The van der Waals surface area contributed by atoms with Crippen LogP contribution < -0.4 is 20.5 Å². The van der Waals surface area contributed by atoms with E-state index in [1.807, 2.05) is 0 Å². The lowest BCUT2D eigenvalue weighted by Crippen LogP contribution is -2.56. The number of nitrogens with zero attached hydrogens (tertiary/aromatic N) is 5. The number of hydrogen-bond acceptors (Lipinski definition) is 9. The predicted octanol–water partition coefficient (Wildman–Crippen LogP) is 1.58. The summed E-state index contributed by atoms with van der Waals surface area (Å²) in [5, 5.41) is 15.9. The second-order valence-corrected chi connectivity index (χ2v) is 8.83. The molecule has 1 aliphatic heterocycles. The van der Waals surface area contributed by atoms with Crippen LogP contribution in [0.4, 0.5) is 32.2 Å². The zero-order valence-electron chi connectivity index (χ0n) is 20.6. The summed E-state index contributed by atoms with van der Waals surface area (Å²) in [5.41, 5.74) is 1.90. The van der Waals surface area contributed by atoms with Gasteiger partial charge in [0.2, 0.25) is 11.5 Å². The van der Waals surface area contributed by atoms with Gasteiger partial charge in [-0.1, -0.05) is 0 Å². The summed E-state index contributed by atoms with van der Waals surface area (Å²) in [5.74, 6) is -3.54. The largest absolute Gasteiger partial charge is 0.480 e. The molecule has 1 saturated heterocycles. The first-order valence-electron chi connectivity index (χ1n) is 11.3. The van der Waals surface area contributed by atoms with Gasteiger partial charge >= 0.3 is 12.8 Å². The van der Waals surface area contributed by atoms with E-state index >= 15 is 0 Å². The fourth-order valence-corrected chi connectivity index (χ4v) is 4.08. The molecule has 1 unspecified atom stereocenters. The molecule has 0 bridgehead atoms. The number of aromatic nitrogens is 4. The quantitative estimate of drug-likeness (QED) is 0.355. The van der Waals surface area contributed by atoms with Crippen molar-refractivity contribution in [3.63, 3.8) is 0 Å². The average molecular weight is 577 g/mol. The molecule has 4 heterocycles. The number of methoxy groups -OCH3 is 1. The van der Waals surface area contributed by atoms with Crippen molar-refractivity contribution < 1.29 is 50.5 Å². The highest BCUT2D eigenvalue weighted by Crippen LogP contribution is 2.35. The molecule has 0 radical (unpaired) electrons. The number of nitrogens with one attached hydrogen (secondary N) is 1. The molecular weight excluding hydrogens is 556 g/mol. The van der Waals surface area contributed by atoms with E-state index in [2.05, 4.69) is 25.1 Å². The number of carbonyl (C=O) groups excluding carboxylic acids is 2. The maximum absolute atomic E-state index is 14.7. The summed E-state index contributed by atoms with van der Waals surface area (Å²) in [6, 6.07) is 0.927. The summed E-state index contributed by atoms with van der Waals surface area (Å²) in [4.78, 5) is 33.5. The molecule has 0 aliphatic carbocycles. The Morgan fingerprint density at radius 2 is 1.93 bits per heavy atom. The summed E-state index contributed by atoms with van der Waals surface area (Å²) in [7, 11) is 1.18. The minimum Gasteiger partial charge on any atom is -0.480 e. The van der Waals surface area contributed by atoms with Crippen LogP contribution in [-0.2, 0) is 4.79 Å². The number of fused-ring (bicyclic) bond motifs is 1. The Hall–Kier alpha value is -4.35. The van der Waals surface area contributed by atoms with E-state index in [0.717, 1.165) is 16.9 Å². The Balaban J connectivity index is 1.63. The number of amides is 2. The predicted molar refractivity (Wildman–Crippen MR) is 123 cm³/mol. The molecule has 12 nitrogen and oxygen atoms in total. The normalized spacial score (nSPS) is 19.1. The zero-order chi connectivity index (χ0) is 29.6. The second kappa shape index (κ2) is 10.3. The molecule has 3 aromatic heterocycles. The Bertz CT molecular complexity index is 1450. The van der Waals surface area contributed by atoms with E-state index in [0.29, 0.717) is 4.90 Å². The fraction of sp³-hybridized carbons (Fsp3) is 0.409. The Kier molecular flexibility index (Phi) is 7.39. The highest BCUT2D eigenvalue weighted by molar-refractivity contribution is 5.98. The molecule has 2 amide bonds. The van der Waals surface area contributed by atoms with Crippen LogP contribution >= 0.6 is 0 Å². The minimum absolute atomic E-state index is 0.0923. The van der Waals surface area contributed by atoms with Crippen molar-refractivity contribution >= 4 is 23.1 Å². The summed E-state index contributed by atoms with van der Waals surface area (Å²) < 4.78 is 90.5. The first-order valence-corrected chi connectivity index (χ1v) is 11.3. The van der Waals surface area contributed by atoms with Crippen molar-refractivity contribution in [3.8, 4) is 22.9 Å². The van der Waals surface area contributed by atoms with Gasteiger partial charge in [0.1, 0.15) is 23.6 Å². The number of halogens is 6. The first-order chi connectivity index (χ1) is 18.7. The molecule has 0 saturated carbocycles. The van der Waals surface area contributed by atoms with Gasteiger partial charge in [-0.25, -0.2) is 18.9 Å². The first kappa shape index (κ1) is 28.7. The van der Waals surface area contributed by atoms with Gasteiger partial charge in [-0.2, -0.15) is 27.1 Å². The van der Waals surface area contributed by atoms with E-state index in [1.54, 1.807) is 0 Å². The Morgan fingerprint density at radius 1 is 1.23 bits per heavy atom. The average Bonchev–Trinajstić information content (AvgIpc) is 3.42. The molecule has 3 aromatic rings. The highest BCUT2D eigenvalue weighted by Gasteiger charge is 2.58. The van der Waals surface area contributed by atoms with Gasteiger partial charge in [-0.3, -0.25) is 9.59 Å². The number of pyridine rings is 1. The number of rotatable bonds is 7. The number of hydrogen-bond donors (Lipinski definition) is 3. The van der Waals surface area contributed by atoms with Crippen molar-refractivity contribution in [2.24, 2.45) is 0 Å². The third kappa shape index (κ3) is 5.13. The molecule has 216 valence electrons. The molecule has 0 aromatic carbocycles. The van der Waals surface area contributed by atoms with E-state index in [-0.39, 0.29) is 46.7 Å². The topological polar surface area (TPSA) is 157 Å². The van der Waals surface area contributed by atoms with Crippen LogP contribution in [0, 0.1) is 0 Å². The number of aliphatic hydroxyl groups is 1. The molecule has 40 heavy (non-hydrogen) atoms.